The Kier molecular flexibility index (Phi) is 5.00. The normalized spacial score (nSPS) is 15.3. The Balaban J connectivity index is 2.19. The molecule has 6 heteroatoms. The van der Waals surface area contributed by atoms with Crippen molar-refractivity contribution in [2.75, 3.05) is 6.54 Å². The number of amidine groups is 1. The van der Waals surface area contributed by atoms with E-state index in [4.69, 9.17) is 11.1 Å². The molecule has 21 heavy (non-hydrogen) atoms. The van der Waals surface area contributed by atoms with E-state index in [0.29, 0.717) is 11.4 Å². The van der Waals surface area contributed by atoms with Gasteiger partial charge in [-0.2, -0.15) is 4.31 Å². The third-order valence-electron chi connectivity index (χ3n) is 3.62. The molecule has 0 unspecified atom stereocenters. The summed E-state index contributed by atoms with van der Waals surface area (Å²) in [5.74, 6) is 0.0224. The number of nitrogens with two attached hydrogens (primary N) is 1. The van der Waals surface area contributed by atoms with Crippen LogP contribution in [0.25, 0.3) is 0 Å². The molecule has 1 aliphatic carbocycles. The minimum atomic E-state index is -3.48. The smallest absolute Gasteiger partial charge is 0.243 e. The van der Waals surface area contributed by atoms with Gasteiger partial charge in [0.25, 0.3) is 0 Å². The molecule has 1 aromatic carbocycles. The Hall–Kier alpha value is -1.40. The summed E-state index contributed by atoms with van der Waals surface area (Å²) < 4.78 is 26.9. The van der Waals surface area contributed by atoms with Gasteiger partial charge in [-0.3, -0.25) is 5.41 Å². The molecule has 5 nitrogen and oxygen atoms in total. The van der Waals surface area contributed by atoms with Crippen LogP contribution in [0.1, 0.15) is 38.2 Å². The zero-order chi connectivity index (χ0) is 15.5. The summed E-state index contributed by atoms with van der Waals surface area (Å²) in [6.45, 7) is 2.39. The molecule has 0 amide bonds. The van der Waals surface area contributed by atoms with Crippen molar-refractivity contribution in [3.8, 4) is 0 Å². The standard InChI is InChI=1S/C15H23N3O2S/c1-2-3-12-4-8-14(9-5-12)21(19,20)18(13-6-7-13)11-10-15(16)17/h4-5,8-9,13H,2-3,6-7,10-11H2,1H3,(H3,16,17). The van der Waals surface area contributed by atoms with Crippen LogP contribution >= 0.6 is 0 Å². The summed E-state index contributed by atoms with van der Waals surface area (Å²) >= 11 is 0. The Morgan fingerprint density at radius 3 is 2.43 bits per heavy atom. The number of hydrogen-bond donors (Lipinski definition) is 2. The van der Waals surface area contributed by atoms with Gasteiger partial charge in [0, 0.05) is 19.0 Å². The van der Waals surface area contributed by atoms with Crippen LogP contribution in [0.3, 0.4) is 0 Å². The van der Waals surface area contributed by atoms with Crippen molar-refractivity contribution in [1.29, 1.82) is 5.41 Å². The van der Waals surface area contributed by atoms with Crippen molar-refractivity contribution in [3.63, 3.8) is 0 Å². The first-order chi connectivity index (χ1) is 9.95. The minimum Gasteiger partial charge on any atom is -0.388 e. The third kappa shape index (κ3) is 4.04. The van der Waals surface area contributed by atoms with E-state index in [9.17, 15) is 8.42 Å². The zero-order valence-corrected chi connectivity index (χ0v) is 13.2. The fourth-order valence-corrected chi connectivity index (χ4v) is 4.03. The molecule has 116 valence electrons. The topological polar surface area (TPSA) is 87.2 Å². The van der Waals surface area contributed by atoms with Crippen LogP contribution in [-0.2, 0) is 16.4 Å². The molecule has 0 radical (unpaired) electrons. The van der Waals surface area contributed by atoms with E-state index in [1.54, 1.807) is 12.1 Å². The Labute approximate surface area is 126 Å². The monoisotopic (exact) mass is 309 g/mol. The lowest BCUT2D eigenvalue weighted by Crippen LogP contribution is -2.35. The second-order valence-electron chi connectivity index (χ2n) is 5.52. The number of benzene rings is 1. The number of nitrogens with one attached hydrogen (secondary N) is 1. The van der Waals surface area contributed by atoms with E-state index < -0.39 is 10.0 Å². The van der Waals surface area contributed by atoms with Crippen LogP contribution in [0.2, 0.25) is 0 Å². The highest BCUT2D eigenvalue weighted by Crippen LogP contribution is 2.32. The van der Waals surface area contributed by atoms with Gasteiger partial charge >= 0.3 is 0 Å². The van der Waals surface area contributed by atoms with E-state index in [-0.39, 0.29) is 18.3 Å². The van der Waals surface area contributed by atoms with Gasteiger partial charge in [-0.15, -0.1) is 0 Å². The molecule has 1 aliphatic rings. The minimum absolute atomic E-state index is 0.0224. The van der Waals surface area contributed by atoms with Gasteiger partial charge in [0.05, 0.1) is 10.7 Å². The second kappa shape index (κ2) is 6.58. The van der Waals surface area contributed by atoms with Crippen molar-refractivity contribution >= 4 is 15.9 Å². The molecular weight excluding hydrogens is 286 g/mol. The molecule has 0 bridgehead atoms. The predicted molar refractivity (Wildman–Crippen MR) is 83.9 cm³/mol. The van der Waals surface area contributed by atoms with Gasteiger partial charge in [0.2, 0.25) is 10.0 Å². The maximum Gasteiger partial charge on any atom is 0.243 e. The maximum atomic E-state index is 12.7. The highest BCUT2D eigenvalue weighted by Gasteiger charge is 2.37. The summed E-state index contributed by atoms with van der Waals surface area (Å²) in [5.41, 5.74) is 6.51. The Morgan fingerprint density at radius 2 is 1.95 bits per heavy atom. The van der Waals surface area contributed by atoms with Crippen molar-refractivity contribution in [2.24, 2.45) is 5.73 Å². The molecule has 3 N–H and O–H groups in total. The van der Waals surface area contributed by atoms with Crippen molar-refractivity contribution in [1.82, 2.24) is 4.31 Å². The fourth-order valence-electron chi connectivity index (χ4n) is 2.34. The van der Waals surface area contributed by atoms with Crippen LogP contribution < -0.4 is 5.73 Å². The maximum absolute atomic E-state index is 12.7. The molecule has 0 atom stereocenters. The third-order valence-corrected chi connectivity index (χ3v) is 5.59. The van der Waals surface area contributed by atoms with Crippen LogP contribution in [-0.4, -0.2) is 31.1 Å². The summed E-state index contributed by atoms with van der Waals surface area (Å²) in [6, 6.07) is 7.20. The molecule has 1 saturated carbocycles. The first kappa shape index (κ1) is 16.0. The zero-order valence-electron chi connectivity index (χ0n) is 12.4. The van der Waals surface area contributed by atoms with Gasteiger partial charge in [-0.05, 0) is 37.0 Å². The number of sulfonamides is 1. The molecule has 0 aromatic heterocycles. The van der Waals surface area contributed by atoms with Crippen LogP contribution in [0.4, 0.5) is 0 Å². The molecule has 0 aliphatic heterocycles. The predicted octanol–water partition coefficient (Wildman–Crippen LogP) is 2.12. The molecule has 0 spiro atoms. The number of nitrogens with zero attached hydrogens (tertiary/aromatic N) is 1. The summed E-state index contributed by atoms with van der Waals surface area (Å²) in [6.07, 6.45) is 4.07. The average molecular weight is 309 g/mol. The quantitative estimate of drug-likeness (QED) is 0.569. The summed E-state index contributed by atoms with van der Waals surface area (Å²) in [5, 5.41) is 7.29. The molecule has 0 heterocycles. The van der Waals surface area contributed by atoms with E-state index in [2.05, 4.69) is 6.92 Å². The van der Waals surface area contributed by atoms with Crippen LogP contribution in [0.15, 0.2) is 29.2 Å². The van der Waals surface area contributed by atoms with Gasteiger partial charge in [0.15, 0.2) is 0 Å². The first-order valence-electron chi connectivity index (χ1n) is 7.39. The molecule has 1 aromatic rings. The van der Waals surface area contributed by atoms with Crippen molar-refractivity contribution < 1.29 is 8.42 Å². The lowest BCUT2D eigenvalue weighted by atomic mass is 10.1. The molecule has 2 rings (SSSR count). The highest BCUT2D eigenvalue weighted by atomic mass is 32.2. The van der Waals surface area contributed by atoms with Crippen molar-refractivity contribution in [2.45, 2.75) is 50.0 Å². The summed E-state index contributed by atoms with van der Waals surface area (Å²) in [4.78, 5) is 0.331. The lowest BCUT2D eigenvalue weighted by molar-refractivity contribution is 0.412. The molecule has 0 saturated heterocycles. The second-order valence-corrected chi connectivity index (χ2v) is 7.41. The average Bonchev–Trinajstić information content (AvgIpc) is 3.24. The number of rotatable bonds is 8. The van der Waals surface area contributed by atoms with Crippen molar-refractivity contribution in [3.05, 3.63) is 29.8 Å². The lowest BCUT2D eigenvalue weighted by Gasteiger charge is -2.21. The van der Waals surface area contributed by atoms with Gasteiger partial charge in [0.1, 0.15) is 0 Å². The van der Waals surface area contributed by atoms with E-state index >= 15 is 0 Å². The fraction of sp³-hybridized carbons (Fsp3) is 0.533. The van der Waals surface area contributed by atoms with Gasteiger partial charge in [-0.1, -0.05) is 25.5 Å². The largest absolute Gasteiger partial charge is 0.388 e. The molecule has 1 fully saturated rings. The van der Waals surface area contributed by atoms with E-state index in [1.165, 1.54) is 4.31 Å². The number of hydrogen-bond acceptors (Lipinski definition) is 3. The Bertz CT molecular complexity index is 592. The SMILES string of the molecule is CCCc1ccc(S(=O)(=O)N(CCC(=N)N)C2CC2)cc1. The number of aryl methyl sites for hydroxylation is 1. The van der Waals surface area contributed by atoms with Gasteiger partial charge < -0.3 is 5.73 Å². The summed E-state index contributed by atoms with van der Waals surface area (Å²) in [7, 11) is -3.48. The first-order valence-corrected chi connectivity index (χ1v) is 8.83. The molecular formula is C15H23N3O2S. The van der Waals surface area contributed by atoms with E-state index in [1.807, 2.05) is 12.1 Å². The van der Waals surface area contributed by atoms with Crippen LogP contribution in [0.5, 0.6) is 0 Å². The van der Waals surface area contributed by atoms with Gasteiger partial charge in [-0.25, -0.2) is 8.42 Å². The highest BCUT2D eigenvalue weighted by molar-refractivity contribution is 7.89. The van der Waals surface area contributed by atoms with E-state index in [0.717, 1.165) is 31.2 Å². The van der Waals surface area contributed by atoms with Crippen LogP contribution in [0, 0.1) is 5.41 Å². The Morgan fingerprint density at radius 1 is 1.33 bits per heavy atom.